The van der Waals surface area contributed by atoms with E-state index < -0.39 is 0 Å². The summed E-state index contributed by atoms with van der Waals surface area (Å²) in [6.45, 7) is 6.77. The SMILES string of the molecule is CC(C)(C)[C@@H]1CCCC[C@@H]1NC(=O)c1ccc(Cl)nc1. The van der Waals surface area contributed by atoms with Gasteiger partial charge in [0.1, 0.15) is 5.15 Å². The average Bonchev–Trinajstić information content (AvgIpc) is 2.38. The zero-order valence-corrected chi connectivity index (χ0v) is 13.2. The molecule has 2 atom stereocenters. The van der Waals surface area contributed by atoms with E-state index in [2.05, 4.69) is 31.1 Å². The van der Waals surface area contributed by atoms with Crippen LogP contribution in [-0.4, -0.2) is 16.9 Å². The summed E-state index contributed by atoms with van der Waals surface area (Å²) in [7, 11) is 0. The van der Waals surface area contributed by atoms with Crippen molar-refractivity contribution in [1.29, 1.82) is 0 Å². The summed E-state index contributed by atoms with van der Waals surface area (Å²) < 4.78 is 0. The van der Waals surface area contributed by atoms with Crippen molar-refractivity contribution in [3.8, 4) is 0 Å². The average molecular weight is 295 g/mol. The molecule has 4 heteroatoms. The maximum atomic E-state index is 12.3. The van der Waals surface area contributed by atoms with E-state index in [9.17, 15) is 4.79 Å². The molecule has 0 radical (unpaired) electrons. The van der Waals surface area contributed by atoms with E-state index in [1.807, 2.05) is 0 Å². The number of carbonyl (C=O) groups is 1. The van der Waals surface area contributed by atoms with Crippen LogP contribution in [-0.2, 0) is 0 Å². The second-order valence-electron chi connectivity index (χ2n) is 6.71. The van der Waals surface area contributed by atoms with Gasteiger partial charge in [-0.15, -0.1) is 0 Å². The van der Waals surface area contributed by atoms with Crippen molar-refractivity contribution in [3.63, 3.8) is 0 Å². The molecule has 1 aromatic rings. The molecule has 3 nitrogen and oxygen atoms in total. The first-order valence-electron chi connectivity index (χ1n) is 7.30. The number of nitrogens with zero attached hydrogens (tertiary/aromatic N) is 1. The van der Waals surface area contributed by atoms with Crippen LogP contribution in [0.5, 0.6) is 0 Å². The predicted octanol–water partition coefficient (Wildman–Crippen LogP) is 4.07. The molecule has 0 saturated heterocycles. The minimum absolute atomic E-state index is 0.0460. The molecule has 1 aromatic heterocycles. The number of halogens is 1. The Kier molecular flexibility index (Phi) is 4.69. The highest BCUT2D eigenvalue weighted by molar-refractivity contribution is 6.29. The Hall–Kier alpha value is -1.09. The number of hydrogen-bond donors (Lipinski definition) is 1. The highest BCUT2D eigenvalue weighted by atomic mass is 35.5. The number of amides is 1. The minimum Gasteiger partial charge on any atom is -0.349 e. The van der Waals surface area contributed by atoms with E-state index in [0.717, 1.165) is 6.42 Å². The van der Waals surface area contributed by atoms with Crippen molar-refractivity contribution in [2.45, 2.75) is 52.5 Å². The molecule has 1 fully saturated rings. The van der Waals surface area contributed by atoms with E-state index in [-0.39, 0.29) is 17.4 Å². The maximum absolute atomic E-state index is 12.3. The third-order valence-corrected chi connectivity index (χ3v) is 4.41. The third-order valence-electron chi connectivity index (χ3n) is 4.18. The molecular formula is C16H23ClN2O. The molecule has 2 rings (SSSR count). The van der Waals surface area contributed by atoms with Crippen LogP contribution in [0, 0.1) is 11.3 Å². The molecule has 1 saturated carbocycles. The summed E-state index contributed by atoms with van der Waals surface area (Å²) >= 11 is 5.75. The molecule has 1 aliphatic rings. The van der Waals surface area contributed by atoms with Crippen molar-refractivity contribution >= 4 is 17.5 Å². The molecule has 1 aliphatic carbocycles. The highest BCUT2D eigenvalue weighted by Gasteiger charge is 2.34. The predicted molar refractivity (Wildman–Crippen MR) is 81.9 cm³/mol. The lowest BCUT2D eigenvalue weighted by Crippen LogP contribution is -2.46. The highest BCUT2D eigenvalue weighted by Crippen LogP contribution is 2.38. The van der Waals surface area contributed by atoms with Gasteiger partial charge in [-0.2, -0.15) is 0 Å². The Morgan fingerprint density at radius 3 is 2.60 bits per heavy atom. The Morgan fingerprint density at radius 1 is 1.30 bits per heavy atom. The molecule has 1 heterocycles. The minimum atomic E-state index is -0.0460. The van der Waals surface area contributed by atoms with Crippen LogP contribution in [0.15, 0.2) is 18.3 Å². The Balaban J connectivity index is 2.07. The lowest BCUT2D eigenvalue weighted by atomic mass is 9.69. The van der Waals surface area contributed by atoms with E-state index >= 15 is 0 Å². The fraction of sp³-hybridized carbons (Fsp3) is 0.625. The quantitative estimate of drug-likeness (QED) is 0.836. The molecule has 1 amide bonds. The zero-order chi connectivity index (χ0) is 14.8. The normalized spacial score (nSPS) is 23.4. The van der Waals surface area contributed by atoms with Crippen molar-refractivity contribution < 1.29 is 4.79 Å². The number of nitrogens with one attached hydrogen (secondary N) is 1. The van der Waals surface area contributed by atoms with Gasteiger partial charge in [0.2, 0.25) is 0 Å². The lowest BCUT2D eigenvalue weighted by molar-refractivity contribution is 0.0830. The first kappa shape index (κ1) is 15.3. The number of rotatable bonds is 2. The van der Waals surface area contributed by atoms with Crippen LogP contribution in [0.25, 0.3) is 0 Å². The van der Waals surface area contributed by atoms with Crippen LogP contribution < -0.4 is 5.32 Å². The van der Waals surface area contributed by atoms with Crippen molar-refractivity contribution in [3.05, 3.63) is 29.0 Å². The number of carbonyl (C=O) groups excluding carboxylic acids is 1. The van der Waals surface area contributed by atoms with Gasteiger partial charge in [-0.3, -0.25) is 4.79 Å². The number of hydrogen-bond acceptors (Lipinski definition) is 2. The lowest BCUT2D eigenvalue weighted by Gasteiger charge is -2.40. The molecule has 0 aromatic carbocycles. The largest absolute Gasteiger partial charge is 0.349 e. The van der Waals surface area contributed by atoms with Crippen LogP contribution in [0.4, 0.5) is 0 Å². The van der Waals surface area contributed by atoms with Crippen molar-refractivity contribution in [2.24, 2.45) is 11.3 Å². The van der Waals surface area contributed by atoms with Gasteiger partial charge in [0.15, 0.2) is 0 Å². The zero-order valence-electron chi connectivity index (χ0n) is 12.4. The summed E-state index contributed by atoms with van der Waals surface area (Å²) in [4.78, 5) is 16.3. The standard InChI is InChI=1S/C16H23ClN2O/c1-16(2,3)12-6-4-5-7-13(12)19-15(20)11-8-9-14(17)18-10-11/h8-10,12-13H,4-7H2,1-3H3,(H,19,20)/t12-,13+/m1/s1. The van der Waals surface area contributed by atoms with Crippen LogP contribution in [0.1, 0.15) is 56.8 Å². The van der Waals surface area contributed by atoms with Gasteiger partial charge in [-0.1, -0.05) is 45.2 Å². The van der Waals surface area contributed by atoms with Gasteiger partial charge in [0.05, 0.1) is 5.56 Å². The first-order chi connectivity index (χ1) is 9.38. The molecule has 0 bridgehead atoms. The summed E-state index contributed by atoms with van der Waals surface area (Å²) in [5.74, 6) is 0.482. The summed E-state index contributed by atoms with van der Waals surface area (Å²) in [6.07, 6.45) is 6.24. The molecular weight excluding hydrogens is 272 g/mol. The number of aromatic nitrogens is 1. The van der Waals surface area contributed by atoms with Gasteiger partial charge in [-0.25, -0.2) is 4.98 Å². The van der Waals surface area contributed by atoms with Crippen LogP contribution in [0.3, 0.4) is 0 Å². The molecule has 1 N–H and O–H groups in total. The Morgan fingerprint density at radius 2 is 2.00 bits per heavy atom. The fourth-order valence-corrected chi connectivity index (χ4v) is 3.21. The smallest absolute Gasteiger partial charge is 0.253 e. The Labute approximate surface area is 126 Å². The van der Waals surface area contributed by atoms with Gasteiger partial charge >= 0.3 is 0 Å². The maximum Gasteiger partial charge on any atom is 0.253 e. The first-order valence-corrected chi connectivity index (χ1v) is 7.68. The van der Waals surface area contributed by atoms with Gasteiger partial charge in [0.25, 0.3) is 5.91 Å². The monoisotopic (exact) mass is 294 g/mol. The van der Waals surface area contributed by atoms with E-state index in [0.29, 0.717) is 16.6 Å². The van der Waals surface area contributed by atoms with E-state index in [1.165, 1.54) is 25.5 Å². The fourth-order valence-electron chi connectivity index (χ4n) is 3.10. The van der Waals surface area contributed by atoms with Crippen LogP contribution >= 0.6 is 11.6 Å². The summed E-state index contributed by atoms with van der Waals surface area (Å²) in [5, 5.41) is 3.60. The molecule has 0 unspecified atom stereocenters. The molecule has 0 spiro atoms. The van der Waals surface area contributed by atoms with Crippen molar-refractivity contribution in [1.82, 2.24) is 10.3 Å². The van der Waals surface area contributed by atoms with Gasteiger partial charge in [-0.05, 0) is 36.3 Å². The second-order valence-corrected chi connectivity index (χ2v) is 7.09. The van der Waals surface area contributed by atoms with Crippen LogP contribution in [0.2, 0.25) is 5.15 Å². The summed E-state index contributed by atoms with van der Waals surface area (Å²) in [6, 6.07) is 3.63. The summed E-state index contributed by atoms with van der Waals surface area (Å²) in [5.41, 5.74) is 0.795. The van der Waals surface area contributed by atoms with E-state index in [4.69, 9.17) is 11.6 Å². The van der Waals surface area contributed by atoms with Crippen molar-refractivity contribution in [2.75, 3.05) is 0 Å². The molecule has 0 aliphatic heterocycles. The van der Waals surface area contributed by atoms with E-state index in [1.54, 1.807) is 12.1 Å². The van der Waals surface area contributed by atoms with Gasteiger partial charge in [0, 0.05) is 12.2 Å². The second kappa shape index (κ2) is 6.13. The molecule has 110 valence electrons. The topological polar surface area (TPSA) is 42.0 Å². The Bertz CT molecular complexity index is 464. The van der Waals surface area contributed by atoms with Gasteiger partial charge < -0.3 is 5.32 Å². The third kappa shape index (κ3) is 3.72. The molecule has 20 heavy (non-hydrogen) atoms. The number of pyridine rings is 1.